The Balaban J connectivity index is 1.66. The van der Waals surface area contributed by atoms with Gasteiger partial charge in [0.15, 0.2) is 12.6 Å². The molecule has 0 amide bonds. The van der Waals surface area contributed by atoms with E-state index in [1.807, 2.05) is 13.0 Å². The van der Waals surface area contributed by atoms with Gasteiger partial charge in [0.25, 0.3) is 0 Å². The highest BCUT2D eigenvalue weighted by Gasteiger charge is 2.28. The second-order valence-corrected chi connectivity index (χ2v) is 10.7. The number of ether oxygens (including phenoxy) is 2. The van der Waals surface area contributed by atoms with Crippen LogP contribution in [0.3, 0.4) is 0 Å². The molecule has 2 heterocycles. The van der Waals surface area contributed by atoms with Crippen molar-refractivity contribution in [3.8, 4) is 23.1 Å². The largest absolute Gasteiger partial charge is 0.467 e. The molecule has 1 aromatic heterocycles. The number of rotatable bonds is 8. The van der Waals surface area contributed by atoms with Gasteiger partial charge in [-0.25, -0.2) is 12.7 Å². The number of anilines is 1. The van der Waals surface area contributed by atoms with Gasteiger partial charge in [0.2, 0.25) is 10.0 Å². The molecule has 1 aromatic carbocycles. The topological polar surface area (TPSA) is 117 Å². The summed E-state index contributed by atoms with van der Waals surface area (Å²) in [5.74, 6) is 1.29. The zero-order valence-electron chi connectivity index (χ0n) is 19.7. The van der Waals surface area contributed by atoms with Crippen molar-refractivity contribution < 1.29 is 17.9 Å². The lowest BCUT2D eigenvalue weighted by atomic mass is 9.88. The van der Waals surface area contributed by atoms with Crippen LogP contribution < -0.4 is 10.1 Å². The average Bonchev–Trinajstić information content (AvgIpc) is 2.84. The number of piperidine rings is 1. The van der Waals surface area contributed by atoms with Crippen molar-refractivity contribution in [1.29, 1.82) is 5.26 Å². The Labute approximate surface area is 201 Å². The summed E-state index contributed by atoms with van der Waals surface area (Å²) >= 11 is 0. The van der Waals surface area contributed by atoms with E-state index in [1.54, 1.807) is 12.1 Å². The predicted octanol–water partition coefficient (Wildman–Crippen LogP) is 3.10. The van der Waals surface area contributed by atoms with Gasteiger partial charge in [-0.1, -0.05) is 0 Å². The van der Waals surface area contributed by atoms with Crippen molar-refractivity contribution in [3.05, 3.63) is 34.9 Å². The van der Waals surface area contributed by atoms with Crippen molar-refractivity contribution in [2.75, 3.05) is 38.1 Å². The van der Waals surface area contributed by atoms with Crippen LogP contribution in [0.25, 0.3) is 11.3 Å². The molecule has 2 aliphatic rings. The third-order valence-electron chi connectivity index (χ3n) is 6.35. The molecule has 1 fully saturated rings. The molecule has 1 aliphatic heterocycles. The minimum absolute atomic E-state index is 0.00495. The van der Waals surface area contributed by atoms with Crippen LogP contribution in [0.2, 0.25) is 0 Å². The zero-order valence-corrected chi connectivity index (χ0v) is 20.5. The maximum atomic E-state index is 12.0. The smallest absolute Gasteiger partial charge is 0.211 e. The van der Waals surface area contributed by atoms with Crippen molar-refractivity contribution in [1.82, 2.24) is 14.5 Å². The lowest BCUT2D eigenvalue weighted by molar-refractivity contribution is 0.0227. The van der Waals surface area contributed by atoms with Crippen molar-refractivity contribution in [3.63, 3.8) is 0 Å². The minimum atomic E-state index is -3.22. The summed E-state index contributed by atoms with van der Waals surface area (Å²) in [5.41, 5.74) is 4.32. The second kappa shape index (κ2) is 10.7. The lowest BCUT2D eigenvalue weighted by Gasteiger charge is -2.32. The molecule has 1 atom stereocenters. The van der Waals surface area contributed by atoms with Crippen LogP contribution in [0.5, 0.6) is 5.75 Å². The number of hydrogen-bond acceptors (Lipinski definition) is 8. The first-order valence-corrected chi connectivity index (χ1v) is 13.6. The Morgan fingerprint density at radius 3 is 2.74 bits per heavy atom. The van der Waals surface area contributed by atoms with Crippen molar-refractivity contribution in [2.24, 2.45) is 0 Å². The first-order chi connectivity index (χ1) is 16.4. The van der Waals surface area contributed by atoms with E-state index in [-0.39, 0.29) is 12.8 Å². The lowest BCUT2D eigenvalue weighted by Crippen LogP contribution is -2.44. The van der Waals surface area contributed by atoms with Crippen molar-refractivity contribution in [2.45, 2.75) is 51.5 Å². The monoisotopic (exact) mass is 485 g/mol. The average molecular weight is 486 g/mol. The summed E-state index contributed by atoms with van der Waals surface area (Å²) in [6.45, 7) is 3.50. The van der Waals surface area contributed by atoms with Gasteiger partial charge >= 0.3 is 0 Å². The van der Waals surface area contributed by atoms with Gasteiger partial charge < -0.3 is 14.8 Å². The quantitative estimate of drug-likeness (QED) is 0.448. The summed E-state index contributed by atoms with van der Waals surface area (Å²) in [6, 6.07) is 7.47. The Bertz CT molecular complexity index is 1180. The van der Waals surface area contributed by atoms with Crippen molar-refractivity contribution >= 4 is 15.8 Å². The van der Waals surface area contributed by atoms with E-state index in [1.165, 1.54) is 10.6 Å². The third-order valence-corrected chi connectivity index (χ3v) is 7.62. The number of aromatic nitrogens is 2. The van der Waals surface area contributed by atoms with Gasteiger partial charge in [-0.3, -0.25) is 0 Å². The van der Waals surface area contributed by atoms with E-state index >= 15 is 0 Å². The molecule has 2 aromatic rings. The van der Waals surface area contributed by atoms with Gasteiger partial charge in [-0.05, 0) is 69.2 Å². The molecule has 0 bridgehead atoms. The van der Waals surface area contributed by atoms with Crippen LogP contribution in [0.1, 0.15) is 49.3 Å². The van der Waals surface area contributed by atoms with Crippen LogP contribution in [-0.4, -0.2) is 61.7 Å². The first-order valence-electron chi connectivity index (χ1n) is 11.8. The molecular formula is C24H31N5O4S. The van der Waals surface area contributed by atoms with Gasteiger partial charge in [0, 0.05) is 36.9 Å². The van der Waals surface area contributed by atoms with E-state index in [0.29, 0.717) is 31.0 Å². The Hall–Kier alpha value is -2.74. The Morgan fingerprint density at radius 1 is 1.21 bits per heavy atom. The van der Waals surface area contributed by atoms with Gasteiger partial charge in [0.1, 0.15) is 11.4 Å². The SMILES string of the molecule is CCOCOc1cc(C#N)ccc1-c1nnc(NC2CCCN(S(C)(=O)=O)C2)c2c1CCCC2. The second-order valence-electron chi connectivity index (χ2n) is 8.74. The number of sulfonamides is 1. The molecule has 34 heavy (non-hydrogen) atoms. The zero-order chi connectivity index (χ0) is 24.1. The summed E-state index contributed by atoms with van der Waals surface area (Å²) in [4.78, 5) is 0. The Kier molecular flexibility index (Phi) is 7.66. The molecule has 9 nitrogen and oxygen atoms in total. The van der Waals surface area contributed by atoms with Gasteiger partial charge in [0.05, 0.1) is 17.9 Å². The standard InChI is InChI=1S/C24H31N5O4S/c1-3-32-16-33-22-13-17(14-25)10-11-21(22)23-19-8-4-5-9-20(19)24(28-27-23)26-18-7-6-12-29(15-18)34(2,30)31/h10-11,13,18H,3-9,12,15-16H2,1-2H3,(H,26,28). The fraction of sp³-hybridized carbons (Fsp3) is 0.542. The normalized spacial score (nSPS) is 18.7. The summed E-state index contributed by atoms with van der Waals surface area (Å²) in [6.07, 6.45) is 6.83. The van der Waals surface area contributed by atoms with Crippen LogP contribution in [0.15, 0.2) is 18.2 Å². The van der Waals surface area contributed by atoms with Crippen LogP contribution in [0.4, 0.5) is 5.82 Å². The van der Waals surface area contributed by atoms with Crippen LogP contribution >= 0.6 is 0 Å². The molecule has 0 spiro atoms. The maximum Gasteiger partial charge on any atom is 0.211 e. The van der Waals surface area contributed by atoms with E-state index < -0.39 is 10.0 Å². The Morgan fingerprint density at radius 2 is 2.00 bits per heavy atom. The number of nitrogens with one attached hydrogen (secondary N) is 1. The summed E-state index contributed by atoms with van der Waals surface area (Å²) in [7, 11) is -3.22. The number of fused-ring (bicyclic) bond motifs is 1. The highest BCUT2D eigenvalue weighted by Crippen LogP contribution is 2.38. The summed E-state index contributed by atoms with van der Waals surface area (Å²) in [5, 5.41) is 22.0. The highest BCUT2D eigenvalue weighted by atomic mass is 32.2. The van der Waals surface area contributed by atoms with E-state index in [4.69, 9.17) is 9.47 Å². The number of nitrogens with zero attached hydrogens (tertiary/aromatic N) is 4. The fourth-order valence-electron chi connectivity index (χ4n) is 4.63. The maximum absolute atomic E-state index is 12.0. The molecule has 1 N–H and O–H groups in total. The van der Waals surface area contributed by atoms with Gasteiger partial charge in [-0.2, -0.15) is 5.26 Å². The van der Waals surface area contributed by atoms with E-state index in [2.05, 4.69) is 21.6 Å². The molecule has 1 unspecified atom stereocenters. The van der Waals surface area contributed by atoms with E-state index in [0.717, 1.165) is 66.7 Å². The number of hydrogen-bond donors (Lipinski definition) is 1. The molecule has 10 heteroatoms. The first kappa shape index (κ1) is 24.4. The molecular weight excluding hydrogens is 454 g/mol. The highest BCUT2D eigenvalue weighted by molar-refractivity contribution is 7.88. The fourth-order valence-corrected chi connectivity index (χ4v) is 5.54. The molecule has 182 valence electrons. The molecule has 0 radical (unpaired) electrons. The van der Waals surface area contributed by atoms with Crippen LogP contribution in [0, 0.1) is 11.3 Å². The molecule has 1 saturated heterocycles. The molecule has 0 saturated carbocycles. The number of benzene rings is 1. The van der Waals surface area contributed by atoms with Crippen LogP contribution in [-0.2, 0) is 27.6 Å². The minimum Gasteiger partial charge on any atom is -0.467 e. The summed E-state index contributed by atoms with van der Waals surface area (Å²) < 4.78 is 36.8. The molecule has 4 rings (SSSR count). The van der Waals surface area contributed by atoms with Gasteiger partial charge in [-0.15, -0.1) is 10.2 Å². The molecule has 1 aliphatic carbocycles. The third kappa shape index (κ3) is 5.49. The van der Waals surface area contributed by atoms with E-state index in [9.17, 15) is 13.7 Å². The predicted molar refractivity (Wildman–Crippen MR) is 129 cm³/mol. The number of nitriles is 1.